The molecule has 0 saturated carbocycles. The summed E-state index contributed by atoms with van der Waals surface area (Å²) in [5, 5.41) is 0. The predicted molar refractivity (Wildman–Crippen MR) is 135 cm³/mol. The maximum atomic E-state index is 5.03. The van der Waals surface area contributed by atoms with Gasteiger partial charge in [0.05, 0.1) is 11.4 Å². The van der Waals surface area contributed by atoms with E-state index < -0.39 is 0 Å². The number of rotatable bonds is 0. The first-order chi connectivity index (χ1) is 15.4. The third-order valence-corrected chi connectivity index (χ3v) is 6.27. The number of hydrogen-bond acceptors (Lipinski definition) is 2. The van der Waals surface area contributed by atoms with E-state index in [2.05, 4.69) is 115 Å². The number of fused-ring (bicyclic) bond motifs is 10. The number of pyridine rings is 2. The minimum absolute atomic E-state index is 0.287. The third kappa shape index (κ3) is 4.20. The zero-order valence-electron chi connectivity index (χ0n) is 18.5. The summed E-state index contributed by atoms with van der Waals surface area (Å²) in [6.45, 7) is 8.81. The fourth-order valence-corrected chi connectivity index (χ4v) is 4.11. The van der Waals surface area contributed by atoms with Gasteiger partial charge in [0.15, 0.2) is 0 Å². The molecule has 4 aromatic rings. The van der Waals surface area contributed by atoms with Crippen molar-refractivity contribution < 1.29 is 14.8 Å². The van der Waals surface area contributed by atoms with Gasteiger partial charge in [0.1, 0.15) is 0 Å². The fraction of sp³-hybridized carbons (Fsp3) is 0.214. The molecule has 32 heavy (non-hydrogen) atoms. The van der Waals surface area contributed by atoms with E-state index in [1.54, 1.807) is 0 Å². The van der Waals surface area contributed by atoms with Crippen molar-refractivity contribution >= 4 is 19.8 Å². The van der Waals surface area contributed by atoms with E-state index in [1.807, 2.05) is 31.9 Å². The van der Waals surface area contributed by atoms with E-state index in [0.717, 1.165) is 45.0 Å². The molecule has 1 aliphatic heterocycles. The molecule has 2 nitrogen and oxygen atoms in total. The Morgan fingerprint density at radius 3 is 1.38 bits per heavy atom. The molecule has 0 radical (unpaired) electrons. The van der Waals surface area contributed by atoms with Crippen molar-refractivity contribution in [2.75, 3.05) is 0 Å². The molecule has 0 atom stereocenters. The molecule has 2 aromatic heterocycles. The van der Waals surface area contributed by atoms with Crippen LogP contribution in [0.5, 0.6) is 0 Å². The molecule has 5 rings (SSSR count). The van der Waals surface area contributed by atoms with Crippen LogP contribution in [0.2, 0.25) is 0 Å². The van der Waals surface area contributed by atoms with Gasteiger partial charge in [-0.2, -0.15) is 36.4 Å². The minimum atomic E-state index is -0.287. The number of nitrogens with zero attached hydrogens (tertiary/aromatic N) is 2. The number of hydrogen-bond donors (Lipinski definition) is 0. The Kier molecular flexibility index (Phi) is 6.65. The third-order valence-electron chi connectivity index (χ3n) is 6.27. The molecule has 0 spiro atoms. The fourth-order valence-electron chi connectivity index (χ4n) is 4.11. The molecule has 0 N–H and O–H groups in total. The molecule has 0 unspecified atom stereocenters. The van der Waals surface area contributed by atoms with Gasteiger partial charge < -0.3 is 0 Å². The number of halogens is 1. The Morgan fingerprint density at radius 1 is 0.594 bits per heavy atom. The first-order valence-electron chi connectivity index (χ1n) is 10.5. The molecule has 0 saturated heterocycles. The van der Waals surface area contributed by atoms with Crippen LogP contribution in [0.3, 0.4) is 0 Å². The van der Waals surface area contributed by atoms with E-state index >= 15 is 0 Å². The first kappa shape index (κ1) is 23.3. The molecular formula is C28H24IN2Rh. The van der Waals surface area contributed by atoms with Gasteiger partial charge in [-0.3, -0.25) is 9.97 Å². The second-order valence-corrected chi connectivity index (χ2v) is 9.02. The van der Waals surface area contributed by atoms with Gasteiger partial charge >= 0.3 is 34.5 Å². The van der Waals surface area contributed by atoms with E-state index in [1.165, 1.54) is 0 Å². The summed E-state index contributed by atoms with van der Waals surface area (Å²) in [6, 6.07) is 32.4. The normalized spacial score (nSPS) is 15.1. The summed E-state index contributed by atoms with van der Waals surface area (Å²) in [6.07, 6.45) is 0. The average molecular weight is 618 g/mol. The van der Waals surface area contributed by atoms with Crippen molar-refractivity contribution in [2.45, 2.75) is 38.5 Å². The summed E-state index contributed by atoms with van der Waals surface area (Å²) >= 11 is 4.56. The Balaban J connectivity index is 0.00000119. The van der Waals surface area contributed by atoms with E-state index in [9.17, 15) is 0 Å². The van der Waals surface area contributed by atoms with Gasteiger partial charge in [0, 0.05) is 22.2 Å². The maximum absolute atomic E-state index is 5.03. The van der Waals surface area contributed by atoms with Crippen LogP contribution < -0.4 is 0 Å². The van der Waals surface area contributed by atoms with Crippen LogP contribution in [0, 0.1) is 12.1 Å². The van der Waals surface area contributed by atoms with Gasteiger partial charge in [-0.25, -0.2) is 11.1 Å². The monoisotopic (exact) mass is 618 g/mol. The molecule has 2 aromatic carbocycles. The Morgan fingerprint density at radius 2 is 0.969 bits per heavy atom. The van der Waals surface area contributed by atoms with Crippen molar-refractivity contribution in [3.63, 3.8) is 0 Å². The van der Waals surface area contributed by atoms with Gasteiger partial charge in [0.25, 0.3) is 0 Å². The molecule has 4 heteroatoms. The van der Waals surface area contributed by atoms with Gasteiger partial charge in [-0.1, -0.05) is 39.8 Å². The average Bonchev–Trinajstić information content (AvgIpc) is 2.85. The molecule has 0 amide bonds. The summed E-state index contributed by atoms with van der Waals surface area (Å²) in [4.78, 5) is 10.1. The molecule has 3 heterocycles. The molecule has 8 bridgehead atoms. The SMILES string of the molecule is CC1(C)c2[c-]c(ccc2)-c2[c-]c(ccc2)C(C)(C)c2cccc(n2)-c2cccc1n2.[Rh+2][I]. The molecule has 0 fully saturated rings. The van der Waals surface area contributed by atoms with Crippen molar-refractivity contribution in [2.24, 2.45) is 0 Å². The molecule has 1 aliphatic rings. The predicted octanol–water partition coefficient (Wildman–Crippen LogP) is 7.26. The summed E-state index contributed by atoms with van der Waals surface area (Å²) in [5.74, 6) is 0. The van der Waals surface area contributed by atoms with E-state index in [-0.39, 0.29) is 10.8 Å². The second kappa shape index (κ2) is 9.15. The first-order valence-corrected chi connectivity index (χ1v) is 15.4. The molecule has 0 aliphatic carbocycles. The van der Waals surface area contributed by atoms with Gasteiger partial charge in [-0.15, -0.1) is 23.3 Å². The van der Waals surface area contributed by atoms with Crippen molar-refractivity contribution in [3.8, 4) is 22.5 Å². The summed E-state index contributed by atoms with van der Waals surface area (Å²) in [7, 11) is 0. The van der Waals surface area contributed by atoms with Crippen LogP contribution in [0.25, 0.3) is 22.5 Å². The quantitative estimate of drug-likeness (QED) is 0.118. The van der Waals surface area contributed by atoms with Crippen LogP contribution in [0.1, 0.15) is 50.2 Å². The van der Waals surface area contributed by atoms with Crippen molar-refractivity contribution in [1.82, 2.24) is 9.97 Å². The van der Waals surface area contributed by atoms with Gasteiger partial charge in [-0.05, 0) is 24.3 Å². The van der Waals surface area contributed by atoms with Crippen LogP contribution in [-0.4, -0.2) is 9.97 Å². The van der Waals surface area contributed by atoms with Crippen LogP contribution >= 0.6 is 19.8 Å². The van der Waals surface area contributed by atoms with E-state index in [4.69, 9.17) is 9.97 Å². The number of aromatic nitrogens is 2. The Bertz CT molecular complexity index is 1070. The second-order valence-electron chi connectivity index (χ2n) is 9.02. The van der Waals surface area contributed by atoms with Crippen LogP contribution in [0.15, 0.2) is 72.8 Å². The topological polar surface area (TPSA) is 25.8 Å². The van der Waals surface area contributed by atoms with Crippen LogP contribution in [-0.2, 0) is 25.6 Å². The van der Waals surface area contributed by atoms with Crippen molar-refractivity contribution in [3.05, 3.63) is 107 Å². The zero-order valence-corrected chi connectivity index (χ0v) is 22.3. The van der Waals surface area contributed by atoms with Crippen molar-refractivity contribution in [1.29, 1.82) is 0 Å². The van der Waals surface area contributed by atoms with E-state index in [0.29, 0.717) is 0 Å². The Labute approximate surface area is 211 Å². The molecule has 162 valence electrons. The standard InChI is InChI=1S/C28H24N2.HI.Rh/c1-27(2)21-11-5-9-19(17-21)20-10-6-12-22(18-20)28(3,4)26-16-8-14-24(30-26)23-13-7-15-25(27)29-23;;/h5-16H,1-4H3;1H;/q-2;;+3/p-1. The molecular weight excluding hydrogens is 594 g/mol. The Hall–Kier alpha value is -1.91. The van der Waals surface area contributed by atoms with Crippen LogP contribution in [0.4, 0.5) is 0 Å². The number of benzene rings is 2. The van der Waals surface area contributed by atoms with Gasteiger partial charge in [0.2, 0.25) is 0 Å². The zero-order chi connectivity index (χ0) is 22.9. The summed E-state index contributed by atoms with van der Waals surface area (Å²) in [5.41, 5.74) is 7.55. The summed E-state index contributed by atoms with van der Waals surface area (Å²) < 4.78 is 0.